The molecular formula is C20H26Cl2N2O. The van der Waals surface area contributed by atoms with Gasteiger partial charge in [0.1, 0.15) is 11.5 Å². The molecule has 3 aliphatic rings. The topological polar surface area (TPSA) is 28.4 Å². The van der Waals surface area contributed by atoms with Crippen molar-refractivity contribution in [2.45, 2.75) is 38.4 Å². The van der Waals surface area contributed by atoms with Crippen LogP contribution in [0.15, 0.2) is 40.8 Å². The Kier molecular flexibility index (Phi) is 5.50. The highest BCUT2D eigenvalue weighted by atomic mass is 35.5. The quantitative estimate of drug-likeness (QED) is 0.860. The molecule has 1 N–H and O–H groups in total. The molecular weight excluding hydrogens is 355 g/mol. The van der Waals surface area contributed by atoms with Crippen molar-refractivity contribution in [3.8, 4) is 11.3 Å². The second kappa shape index (κ2) is 7.32. The lowest BCUT2D eigenvalue weighted by atomic mass is 9.82. The zero-order valence-electron chi connectivity index (χ0n) is 14.5. The summed E-state index contributed by atoms with van der Waals surface area (Å²) in [4.78, 5) is 2.79. The van der Waals surface area contributed by atoms with Crippen LogP contribution in [-0.2, 0) is 6.54 Å². The molecule has 0 amide bonds. The van der Waals surface area contributed by atoms with E-state index in [1.165, 1.54) is 37.1 Å². The molecule has 2 bridgehead atoms. The van der Waals surface area contributed by atoms with Crippen LogP contribution in [0.2, 0.25) is 0 Å². The summed E-state index contributed by atoms with van der Waals surface area (Å²) in [7, 11) is 0. The van der Waals surface area contributed by atoms with Crippen molar-refractivity contribution < 1.29 is 4.42 Å². The lowest BCUT2D eigenvalue weighted by Gasteiger charge is -2.24. The average molecular weight is 381 g/mol. The third-order valence-corrected chi connectivity index (χ3v) is 6.23. The molecule has 4 heterocycles. The number of hydrogen-bond donors (Lipinski definition) is 1. The van der Waals surface area contributed by atoms with Gasteiger partial charge in [0.15, 0.2) is 0 Å². The van der Waals surface area contributed by atoms with Gasteiger partial charge in [-0.2, -0.15) is 0 Å². The Morgan fingerprint density at radius 2 is 1.76 bits per heavy atom. The van der Waals surface area contributed by atoms with Gasteiger partial charge in [0, 0.05) is 24.2 Å². The Labute approximate surface area is 162 Å². The molecule has 5 rings (SSSR count). The summed E-state index contributed by atoms with van der Waals surface area (Å²) in [6, 6.07) is 14.6. The van der Waals surface area contributed by atoms with E-state index >= 15 is 0 Å². The zero-order chi connectivity index (χ0) is 15.4. The average Bonchev–Trinajstić information content (AvgIpc) is 3.30. The van der Waals surface area contributed by atoms with Crippen molar-refractivity contribution in [1.29, 1.82) is 0 Å². The highest BCUT2D eigenvalue weighted by Gasteiger charge is 2.54. The van der Waals surface area contributed by atoms with Crippen molar-refractivity contribution >= 4 is 24.8 Å². The van der Waals surface area contributed by atoms with Crippen molar-refractivity contribution in [2.24, 2.45) is 11.8 Å². The maximum absolute atomic E-state index is 5.79. The normalized spacial score (nSPS) is 30.0. The molecule has 0 saturated carbocycles. The molecule has 3 saturated heterocycles. The lowest BCUT2D eigenvalue weighted by Crippen LogP contribution is -2.33. The van der Waals surface area contributed by atoms with Crippen LogP contribution in [0, 0.1) is 18.8 Å². The van der Waals surface area contributed by atoms with E-state index in [9.17, 15) is 0 Å². The summed E-state index contributed by atoms with van der Waals surface area (Å²) in [5.41, 5.74) is 2.62. The van der Waals surface area contributed by atoms with Crippen LogP contribution in [-0.4, -0.2) is 30.1 Å². The monoisotopic (exact) mass is 380 g/mol. The molecule has 25 heavy (non-hydrogen) atoms. The summed E-state index contributed by atoms with van der Waals surface area (Å²) in [5.74, 6) is 3.74. The molecule has 1 aromatic carbocycles. The molecule has 0 spiro atoms. The molecule has 1 aromatic heterocycles. The summed E-state index contributed by atoms with van der Waals surface area (Å²) in [6.07, 6.45) is 2.79. The summed E-state index contributed by atoms with van der Waals surface area (Å²) in [5, 5.41) is 3.60. The molecule has 4 atom stereocenters. The Balaban J connectivity index is 0.000000911. The zero-order valence-corrected chi connectivity index (χ0v) is 16.1. The second-order valence-electron chi connectivity index (χ2n) is 7.48. The highest BCUT2D eigenvalue weighted by molar-refractivity contribution is 5.85. The van der Waals surface area contributed by atoms with Crippen LogP contribution < -0.4 is 5.32 Å². The Hall–Kier alpha value is -1.000. The molecule has 3 aliphatic heterocycles. The van der Waals surface area contributed by atoms with Gasteiger partial charge in [0.2, 0.25) is 0 Å². The van der Waals surface area contributed by atoms with Gasteiger partial charge in [-0.1, -0.05) is 18.2 Å². The fraction of sp³-hybridized carbons (Fsp3) is 0.500. The van der Waals surface area contributed by atoms with E-state index in [-0.39, 0.29) is 24.8 Å². The van der Waals surface area contributed by atoms with Crippen molar-refractivity contribution in [3.63, 3.8) is 0 Å². The van der Waals surface area contributed by atoms with Crippen molar-refractivity contribution in [3.05, 3.63) is 47.7 Å². The minimum Gasteiger partial charge on any atom is -0.461 e. The van der Waals surface area contributed by atoms with E-state index < -0.39 is 0 Å². The molecule has 5 heteroatoms. The van der Waals surface area contributed by atoms with Crippen molar-refractivity contribution in [2.75, 3.05) is 13.1 Å². The van der Waals surface area contributed by atoms with Gasteiger partial charge in [-0.3, -0.25) is 4.90 Å². The molecule has 3 nitrogen and oxygen atoms in total. The fourth-order valence-electron chi connectivity index (χ4n) is 5.26. The first kappa shape index (κ1) is 18.8. The third-order valence-electron chi connectivity index (χ3n) is 6.23. The van der Waals surface area contributed by atoms with Gasteiger partial charge < -0.3 is 9.73 Å². The van der Waals surface area contributed by atoms with E-state index in [2.05, 4.69) is 40.5 Å². The first-order chi connectivity index (χ1) is 11.3. The van der Waals surface area contributed by atoms with E-state index in [1.807, 2.05) is 13.0 Å². The lowest BCUT2D eigenvalue weighted by molar-refractivity contribution is 0.218. The number of aryl methyl sites for hydroxylation is 1. The number of hydrogen-bond acceptors (Lipinski definition) is 3. The number of halogens is 2. The van der Waals surface area contributed by atoms with Crippen molar-refractivity contribution in [1.82, 2.24) is 10.2 Å². The minimum absolute atomic E-state index is 0. The summed E-state index contributed by atoms with van der Waals surface area (Å²) in [6.45, 7) is 5.56. The Morgan fingerprint density at radius 1 is 1.04 bits per heavy atom. The minimum atomic E-state index is 0. The smallest absolute Gasteiger partial charge is 0.134 e. The van der Waals surface area contributed by atoms with Gasteiger partial charge >= 0.3 is 0 Å². The number of furan rings is 1. The fourth-order valence-corrected chi connectivity index (χ4v) is 5.26. The Morgan fingerprint density at radius 3 is 2.40 bits per heavy atom. The van der Waals surface area contributed by atoms with Crippen LogP contribution in [0.25, 0.3) is 11.3 Å². The standard InChI is InChI=1S/C20H24N2O.2ClH/c1-13-5-8-20(23-13)15-4-2-3-14(9-15)12-22-18-6-7-19(22)17-11-21-10-16(17)18;;/h2-5,8-9,16-19,21H,6-7,10-12H2,1H3;2*1H/t16-,17+,18-,19+;;. The maximum Gasteiger partial charge on any atom is 0.134 e. The molecule has 0 aliphatic carbocycles. The summed E-state index contributed by atoms with van der Waals surface area (Å²) >= 11 is 0. The molecule has 2 aromatic rings. The van der Waals surface area contributed by atoms with Crippen LogP contribution >= 0.6 is 24.8 Å². The predicted octanol–water partition coefficient (Wildman–Crippen LogP) is 4.28. The first-order valence-electron chi connectivity index (χ1n) is 8.92. The van der Waals surface area contributed by atoms with Crippen LogP contribution in [0.3, 0.4) is 0 Å². The molecule has 0 unspecified atom stereocenters. The third kappa shape index (κ3) is 3.12. The number of nitrogens with one attached hydrogen (secondary N) is 1. The largest absolute Gasteiger partial charge is 0.461 e. The number of nitrogens with zero attached hydrogens (tertiary/aromatic N) is 1. The van der Waals surface area contributed by atoms with Crippen LogP contribution in [0.5, 0.6) is 0 Å². The molecule has 3 fully saturated rings. The first-order valence-corrected chi connectivity index (χ1v) is 8.92. The SMILES string of the molecule is Cc1ccc(-c2cccc(CN3[C@@H]4CC[C@H]3[C@H]3CNC[C@H]34)c2)o1.Cl.Cl. The molecule has 0 radical (unpaired) electrons. The van der Waals surface area contributed by atoms with E-state index in [0.717, 1.165) is 42.0 Å². The summed E-state index contributed by atoms with van der Waals surface area (Å²) < 4.78 is 5.79. The van der Waals surface area contributed by atoms with Crippen LogP contribution in [0.1, 0.15) is 24.2 Å². The van der Waals surface area contributed by atoms with E-state index in [1.54, 1.807) is 0 Å². The van der Waals surface area contributed by atoms with E-state index in [0.29, 0.717) is 0 Å². The van der Waals surface area contributed by atoms with Gasteiger partial charge in [-0.25, -0.2) is 0 Å². The van der Waals surface area contributed by atoms with Crippen LogP contribution in [0.4, 0.5) is 0 Å². The number of fused-ring (bicyclic) bond motifs is 5. The maximum atomic E-state index is 5.79. The number of rotatable bonds is 3. The van der Waals surface area contributed by atoms with E-state index in [4.69, 9.17) is 4.42 Å². The Bertz CT molecular complexity index is 714. The number of benzene rings is 1. The second-order valence-corrected chi connectivity index (χ2v) is 7.48. The van der Waals surface area contributed by atoms with Gasteiger partial charge in [0.05, 0.1) is 0 Å². The predicted molar refractivity (Wildman–Crippen MR) is 106 cm³/mol. The van der Waals surface area contributed by atoms with Gasteiger partial charge in [-0.05, 0) is 68.5 Å². The molecule has 136 valence electrons. The van der Waals surface area contributed by atoms with Gasteiger partial charge in [0.25, 0.3) is 0 Å². The van der Waals surface area contributed by atoms with Gasteiger partial charge in [-0.15, -0.1) is 24.8 Å². The highest BCUT2D eigenvalue weighted by Crippen LogP contribution is 2.47.